The minimum Gasteiger partial charge on any atom is -0.378 e. The standard InChI is InChI=1S/C6H10F3NO3/c1-3(2)4(10(12)13)5(11)6(7,8)9/h3-5,11H,1-2H3. The van der Waals surface area contributed by atoms with Crippen molar-refractivity contribution in [3.63, 3.8) is 0 Å². The maximum atomic E-state index is 11.9. The summed E-state index contributed by atoms with van der Waals surface area (Å²) < 4.78 is 35.6. The molecule has 0 aliphatic heterocycles. The molecule has 0 spiro atoms. The summed E-state index contributed by atoms with van der Waals surface area (Å²) in [5.41, 5.74) is 0. The van der Waals surface area contributed by atoms with Crippen LogP contribution in [-0.4, -0.2) is 28.4 Å². The number of alkyl halides is 3. The number of hydrogen-bond acceptors (Lipinski definition) is 3. The monoisotopic (exact) mass is 201 g/mol. The van der Waals surface area contributed by atoms with Gasteiger partial charge >= 0.3 is 6.18 Å². The van der Waals surface area contributed by atoms with Crippen LogP contribution in [0.25, 0.3) is 0 Å². The highest BCUT2D eigenvalue weighted by Crippen LogP contribution is 2.26. The van der Waals surface area contributed by atoms with Gasteiger partial charge in [-0.1, -0.05) is 13.8 Å². The highest BCUT2D eigenvalue weighted by molar-refractivity contribution is 4.77. The molecule has 1 N–H and O–H groups in total. The number of aliphatic hydroxyl groups is 1. The SMILES string of the molecule is CC(C)C(C(O)C(F)(F)F)[N+](=O)[O-]. The summed E-state index contributed by atoms with van der Waals surface area (Å²) in [7, 11) is 0. The first kappa shape index (κ1) is 12.2. The van der Waals surface area contributed by atoms with Crippen molar-refractivity contribution >= 4 is 0 Å². The highest BCUT2D eigenvalue weighted by Gasteiger charge is 2.50. The van der Waals surface area contributed by atoms with Gasteiger partial charge in [0.25, 0.3) is 0 Å². The van der Waals surface area contributed by atoms with Gasteiger partial charge in [0.05, 0.1) is 0 Å². The molecule has 0 amide bonds. The molecule has 4 nitrogen and oxygen atoms in total. The van der Waals surface area contributed by atoms with E-state index < -0.39 is 29.2 Å². The number of nitrogens with zero attached hydrogens (tertiary/aromatic N) is 1. The molecule has 0 aliphatic rings. The lowest BCUT2D eigenvalue weighted by Crippen LogP contribution is -2.46. The summed E-state index contributed by atoms with van der Waals surface area (Å²) >= 11 is 0. The van der Waals surface area contributed by atoms with Crippen LogP contribution in [0.2, 0.25) is 0 Å². The maximum absolute atomic E-state index is 11.9. The van der Waals surface area contributed by atoms with Crippen molar-refractivity contribution in [1.29, 1.82) is 0 Å². The summed E-state index contributed by atoms with van der Waals surface area (Å²) in [4.78, 5) is 9.07. The molecule has 0 heterocycles. The molecule has 13 heavy (non-hydrogen) atoms. The van der Waals surface area contributed by atoms with Crippen LogP contribution in [0.5, 0.6) is 0 Å². The van der Waals surface area contributed by atoms with E-state index in [1.54, 1.807) is 0 Å². The zero-order valence-electron chi connectivity index (χ0n) is 7.08. The topological polar surface area (TPSA) is 63.4 Å². The second kappa shape index (κ2) is 3.91. The number of halogens is 3. The fraction of sp³-hybridized carbons (Fsp3) is 1.00. The van der Waals surface area contributed by atoms with E-state index in [4.69, 9.17) is 5.11 Å². The Kier molecular flexibility index (Phi) is 3.65. The Morgan fingerprint density at radius 2 is 1.77 bits per heavy atom. The minimum atomic E-state index is -4.94. The summed E-state index contributed by atoms with van der Waals surface area (Å²) in [5, 5.41) is 18.8. The fourth-order valence-electron chi connectivity index (χ4n) is 0.917. The summed E-state index contributed by atoms with van der Waals surface area (Å²) in [6, 6.07) is -2.00. The first-order valence-electron chi connectivity index (χ1n) is 3.56. The average Bonchev–Trinajstić information content (AvgIpc) is 1.82. The Balaban J connectivity index is 4.67. The Morgan fingerprint density at radius 3 is 1.85 bits per heavy atom. The lowest BCUT2D eigenvalue weighted by atomic mass is 9.99. The van der Waals surface area contributed by atoms with E-state index in [0.29, 0.717) is 0 Å². The van der Waals surface area contributed by atoms with Gasteiger partial charge < -0.3 is 5.11 Å². The van der Waals surface area contributed by atoms with Gasteiger partial charge in [-0.25, -0.2) is 0 Å². The van der Waals surface area contributed by atoms with Crippen LogP contribution in [0.3, 0.4) is 0 Å². The fourth-order valence-corrected chi connectivity index (χ4v) is 0.917. The molecule has 0 fully saturated rings. The van der Waals surface area contributed by atoms with Gasteiger partial charge in [-0.15, -0.1) is 0 Å². The van der Waals surface area contributed by atoms with Gasteiger partial charge in [0, 0.05) is 10.8 Å². The van der Waals surface area contributed by atoms with Crippen molar-refractivity contribution in [3.8, 4) is 0 Å². The molecule has 0 bridgehead atoms. The number of aliphatic hydroxyl groups excluding tert-OH is 1. The number of hydrogen-bond donors (Lipinski definition) is 1. The smallest absolute Gasteiger partial charge is 0.378 e. The first-order chi connectivity index (χ1) is 5.68. The Bertz CT molecular complexity index is 192. The number of rotatable bonds is 3. The van der Waals surface area contributed by atoms with Crippen LogP contribution in [0.1, 0.15) is 13.8 Å². The molecule has 2 atom stereocenters. The molecule has 0 radical (unpaired) electrons. The predicted octanol–water partition coefficient (Wildman–Crippen LogP) is 1.21. The molecule has 2 unspecified atom stereocenters. The lowest BCUT2D eigenvalue weighted by molar-refractivity contribution is -0.552. The number of nitro groups is 1. The quantitative estimate of drug-likeness (QED) is 0.551. The van der Waals surface area contributed by atoms with E-state index in [9.17, 15) is 23.3 Å². The second-order valence-electron chi connectivity index (χ2n) is 3.01. The summed E-state index contributed by atoms with van der Waals surface area (Å²) in [6.45, 7) is 2.50. The van der Waals surface area contributed by atoms with Crippen molar-refractivity contribution in [2.45, 2.75) is 32.2 Å². The Morgan fingerprint density at radius 1 is 1.38 bits per heavy atom. The largest absolute Gasteiger partial charge is 0.421 e. The lowest BCUT2D eigenvalue weighted by Gasteiger charge is -2.20. The van der Waals surface area contributed by atoms with E-state index in [1.165, 1.54) is 13.8 Å². The molecule has 78 valence electrons. The molecule has 0 saturated carbocycles. The third-order valence-electron chi connectivity index (χ3n) is 1.59. The van der Waals surface area contributed by atoms with Crippen LogP contribution in [0.15, 0.2) is 0 Å². The molecule has 0 saturated heterocycles. The van der Waals surface area contributed by atoms with Crippen LogP contribution < -0.4 is 0 Å². The van der Waals surface area contributed by atoms with Crippen LogP contribution in [0.4, 0.5) is 13.2 Å². The Labute approximate surface area is 72.5 Å². The van der Waals surface area contributed by atoms with E-state index in [1.807, 2.05) is 0 Å². The zero-order chi connectivity index (χ0) is 10.8. The predicted molar refractivity (Wildman–Crippen MR) is 37.7 cm³/mol. The molecule has 0 aliphatic carbocycles. The zero-order valence-corrected chi connectivity index (χ0v) is 7.08. The van der Waals surface area contributed by atoms with Crippen molar-refractivity contribution in [2.24, 2.45) is 5.92 Å². The average molecular weight is 201 g/mol. The van der Waals surface area contributed by atoms with Crippen LogP contribution in [0, 0.1) is 16.0 Å². The van der Waals surface area contributed by atoms with Crippen molar-refractivity contribution in [3.05, 3.63) is 10.1 Å². The molecule has 0 aromatic rings. The normalized spacial score (nSPS) is 17.2. The van der Waals surface area contributed by atoms with Gasteiger partial charge in [0.1, 0.15) is 0 Å². The van der Waals surface area contributed by atoms with E-state index in [2.05, 4.69) is 0 Å². The van der Waals surface area contributed by atoms with Crippen molar-refractivity contribution < 1.29 is 23.2 Å². The third-order valence-corrected chi connectivity index (χ3v) is 1.59. The van der Waals surface area contributed by atoms with E-state index in [0.717, 1.165) is 0 Å². The van der Waals surface area contributed by atoms with Crippen molar-refractivity contribution in [1.82, 2.24) is 0 Å². The molecule has 0 rings (SSSR count). The van der Waals surface area contributed by atoms with Crippen LogP contribution >= 0.6 is 0 Å². The van der Waals surface area contributed by atoms with E-state index >= 15 is 0 Å². The van der Waals surface area contributed by atoms with Gasteiger partial charge in [0.2, 0.25) is 12.1 Å². The van der Waals surface area contributed by atoms with Gasteiger partial charge in [-0.2, -0.15) is 13.2 Å². The Hall–Kier alpha value is -0.850. The van der Waals surface area contributed by atoms with Gasteiger partial charge in [-0.05, 0) is 0 Å². The summed E-state index contributed by atoms with van der Waals surface area (Å²) in [5.74, 6) is -0.869. The molecular formula is C6H10F3NO3. The van der Waals surface area contributed by atoms with Crippen molar-refractivity contribution in [2.75, 3.05) is 0 Å². The minimum absolute atomic E-state index is 0.869. The molecule has 7 heteroatoms. The molecular weight excluding hydrogens is 191 g/mol. The van der Waals surface area contributed by atoms with Gasteiger partial charge in [-0.3, -0.25) is 10.1 Å². The maximum Gasteiger partial charge on any atom is 0.421 e. The van der Waals surface area contributed by atoms with Crippen LogP contribution in [-0.2, 0) is 0 Å². The van der Waals surface area contributed by atoms with Gasteiger partial charge in [0.15, 0.2) is 0 Å². The summed E-state index contributed by atoms with van der Waals surface area (Å²) in [6.07, 6.45) is -7.84. The highest BCUT2D eigenvalue weighted by atomic mass is 19.4. The third kappa shape index (κ3) is 3.17. The molecule has 0 aromatic heterocycles. The first-order valence-corrected chi connectivity index (χ1v) is 3.56. The van der Waals surface area contributed by atoms with E-state index in [-0.39, 0.29) is 0 Å². The second-order valence-corrected chi connectivity index (χ2v) is 3.01. The molecule has 0 aromatic carbocycles.